The molecule has 2 rings (SSSR count). The molecule has 0 fully saturated rings. The fraction of sp³-hybridized carbons (Fsp3) is 0.143. The molecule has 0 amide bonds. The summed E-state index contributed by atoms with van der Waals surface area (Å²) in [5.74, 6) is 0. The highest BCUT2D eigenvalue weighted by molar-refractivity contribution is 7.99. The zero-order valence-electron chi connectivity index (χ0n) is 11.3. The topological polar surface area (TPSA) is 72.2 Å². The van der Waals surface area contributed by atoms with E-state index in [0.717, 1.165) is 9.79 Å². The number of nitrogens with one attached hydrogen (secondary N) is 1. The maximum Gasteiger partial charge on any atom is 0.242 e. The van der Waals surface area contributed by atoms with Gasteiger partial charge in [-0.15, -0.1) is 0 Å². The lowest BCUT2D eigenvalue weighted by molar-refractivity contribution is 0.588. The largest absolute Gasteiger partial charge is 0.398 e. The molecule has 6 heteroatoms. The highest BCUT2D eigenvalue weighted by Crippen LogP contribution is 2.31. The van der Waals surface area contributed by atoms with E-state index < -0.39 is 10.0 Å². The normalized spacial score (nSPS) is 11.5. The van der Waals surface area contributed by atoms with Crippen molar-refractivity contribution >= 4 is 27.5 Å². The van der Waals surface area contributed by atoms with Crippen molar-refractivity contribution in [2.75, 3.05) is 12.8 Å². The molecule has 2 aromatic rings. The first-order valence-electron chi connectivity index (χ1n) is 6.00. The van der Waals surface area contributed by atoms with Crippen LogP contribution in [0.25, 0.3) is 0 Å². The molecule has 20 heavy (non-hydrogen) atoms. The van der Waals surface area contributed by atoms with Gasteiger partial charge in [0, 0.05) is 9.79 Å². The molecule has 0 saturated carbocycles. The van der Waals surface area contributed by atoms with Crippen LogP contribution in [-0.2, 0) is 10.0 Å². The predicted octanol–water partition coefficient (Wildman–Crippen LogP) is 2.64. The van der Waals surface area contributed by atoms with E-state index >= 15 is 0 Å². The van der Waals surface area contributed by atoms with Gasteiger partial charge < -0.3 is 5.73 Å². The average Bonchev–Trinajstić information content (AvgIpc) is 2.41. The van der Waals surface area contributed by atoms with Crippen LogP contribution in [0.15, 0.2) is 57.2 Å². The molecule has 0 aliphatic heterocycles. The van der Waals surface area contributed by atoms with Crippen LogP contribution in [0.4, 0.5) is 5.69 Å². The van der Waals surface area contributed by atoms with Crippen molar-refractivity contribution in [3.05, 3.63) is 48.0 Å². The Bertz CT molecular complexity index is 710. The van der Waals surface area contributed by atoms with Gasteiger partial charge in [0.05, 0.1) is 5.69 Å². The van der Waals surface area contributed by atoms with Crippen LogP contribution in [0.3, 0.4) is 0 Å². The molecular formula is C14H16N2O2S2. The minimum absolute atomic E-state index is 0.105. The zero-order chi connectivity index (χ0) is 14.8. The van der Waals surface area contributed by atoms with Crippen molar-refractivity contribution in [1.29, 1.82) is 0 Å². The second kappa shape index (κ2) is 5.87. The number of sulfonamides is 1. The molecule has 0 unspecified atom stereocenters. The second-order valence-corrected chi connectivity index (χ2v) is 7.32. The number of rotatable bonds is 4. The SMILES string of the molecule is CNS(=O)(=O)c1ccc(Sc2ccc(C)cc2)cc1N. The Kier molecular flexibility index (Phi) is 4.37. The van der Waals surface area contributed by atoms with E-state index in [-0.39, 0.29) is 10.6 Å². The van der Waals surface area contributed by atoms with Gasteiger partial charge in [0.1, 0.15) is 4.90 Å². The van der Waals surface area contributed by atoms with Crippen LogP contribution in [0.5, 0.6) is 0 Å². The number of benzene rings is 2. The van der Waals surface area contributed by atoms with Crippen molar-refractivity contribution in [1.82, 2.24) is 4.72 Å². The molecule has 3 N–H and O–H groups in total. The Morgan fingerprint density at radius 1 is 1.05 bits per heavy atom. The van der Waals surface area contributed by atoms with Gasteiger partial charge >= 0.3 is 0 Å². The van der Waals surface area contributed by atoms with E-state index in [9.17, 15) is 8.42 Å². The third-order valence-electron chi connectivity index (χ3n) is 2.80. The number of nitrogens with two attached hydrogens (primary N) is 1. The van der Waals surface area contributed by atoms with E-state index in [2.05, 4.69) is 4.72 Å². The lowest BCUT2D eigenvalue weighted by atomic mass is 10.2. The molecule has 0 bridgehead atoms. The Morgan fingerprint density at radius 2 is 1.65 bits per heavy atom. The first-order chi connectivity index (χ1) is 9.42. The van der Waals surface area contributed by atoms with Crippen LogP contribution in [0.1, 0.15) is 5.56 Å². The molecule has 0 aliphatic rings. The molecule has 0 spiro atoms. The molecule has 2 aromatic carbocycles. The Hall–Kier alpha value is -1.50. The zero-order valence-corrected chi connectivity index (χ0v) is 12.9. The maximum absolute atomic E-state index is 11.7. The number of aryl methyl sites for hydroxylation is 1. The maximum atomic E-state index is 11.7. The third-order valence-corrected chi connectivity index (χ3v) is 5.28. The molecule has 4 nitrogen and oxygen atoms in total. The molecule has 106 valence electrons. The molecular weight excluding hydrogens is 292 g/mol. The van der Waals surface area contributed by atoms with Gasteiger partial charge in [-0.1, -0.05) is 29.5 Å². The van der Waals surface area contributed by atoms with Crippen LogP contribution in [0, 0.1) is 6.92 Å². The van der Waals surface area contributed by atoms with Crippen molar-refractivity contribution in [3.8, 4) is 0 Å². The summed E-state index contributed by atoms with van der Waals surface area (Å²) in [6.07, 6.45) is 0. The first kappa shape index (κ1) is 14.9. The predicted molar refractivity (Wildman–Crippen MR) is 82.4 cm³/mol. The summed E-state index contributed by atoms with van der Waals surface area (Å²) >= 11 is 1.54. The number of nitrogen functional groups attached to an aromatic ring is 1. The van der Waals surface area contributed by atoms with Crippen LogP contribution >= 0.6 is 11.8 Å². The Morgan fingerprint density at radius 3 is 2.20 bits per heavy atom. The summed E-state index contributed by atoms with van der Waals surface area (Å²) in [6.45, 7) is 2.03. The second-order valence-electron chi connectivity index (χ2n) is 4.32. The van der Waals surface area contributed by atoms with Gasteiger partial charge in [-0.3, -0.25) is 0 Å². The van der Waals surface area contributed by atoms with Crippen molar-refractivity contribution in [2.45, 2.75) is 21.6 Å². The average molecular weight is 308 g/mol. The molecule has 0 aromatic heterocycles. The van der Waals surface area contributed by atoms with Crippen molar-refractivity contribution < 1.29 is 8.42 Å². The van der Waals surface area contributed by atoms with Gasteiger partial charge in [-0.2, -0.15) is 0 Å². The number of hydrogen-bond acceptors (Lipinski definition) is 4. The number of hydrogen-bond donors (Lipinski definition) is 2. The summed E-state index contributed by atoms with van der Waals surface area (Å²) in [4.78, 5) is 2.09. The number of anilines is 1. The van der Waals surface area contributed by atoms with Gasteiger partial charge in [0.2, 0.25) is 10.0 Å². The smallest absolute Gasteiger partial charge is 0.242 e. The summed E-state index contributed by atoms with van der Waals surface area (Å²) < 4.78 is 25.7. The van der Waals surface area contributed by atoms with Crippen LogP contribution < -0.4 is 10.5 Å². The monoisotopic (exact) mass is 308 g/mol. The van der Waals surface area contributed by atoms with Crippen LogP contribution in [-0.4, -0.2) is 15.5 Å². The van der Waals surface area contributed by atoms with Gasteiger partial charge in [0.25, 0.3) is 0 Å². The minimum Gasteiger partial charge on any atom is -0.398 e. The summed E-state index contributed by atoms with van der Waals surface area (Å²) in [7, 11) is -2.14. The van der Waals surface area contributed by atoms with Gasteiger partial charge in [-0.25, -0.2) is 13.1 Å². The van der Waals surface area contributed by atoms with Gasteiger partial charge in [-0.05, 0) is 44.3 Å². The molecule has 0 aliphatic carbocycles. The molecule has 0 radical (unpaired) electrons. The first-order valence-corrected chi connectivity index (χ1v) is 8.30. The minimum atomic E-state index is -3.51. The van der Waals surface area contributed by atoms with Gasteiger partial charge in [0.15, 0.2) is 0 Å². The molecule has 0 heterocycles. The van der Waals surface area contributed by atoms with E-state index in [4.69, 9.17) is 5.73 Å². The van der Waals surface area contributed by atoms with Crippen molar-refractivity contribution in [2.24, 2.45) is 0 Å². The molecule has 0 atom stereocenters. The fourth-order valence-electron chi connectivity index (χ4n) is 1.69. The summed E-state index contributed by atoms with van der Waals surface area (Å²) in [6, 6.07) is 13.1. The Balaban J connectivity index is 2.28. The lowest BCUT2D eigenvalue weighted by Gasteiger charge is -2.08. The van der Waals surface area contributed by atoms with E-state index in [0.29, 0.717) is 0 Å². The van der Waals surface area contributed by atoms with E-state index in [1.807, 2.05) is 31.2 Å². The standard InChI is InChI=1S/C14H16N2O2S2/c1-10-3-5-11(6-4-10)19-12-7-8-14(13(15)9-12)20(17,18)16-2/h3-9,16H,15H2,1-2H3. The molecule has 0 saturated heterocycles. The van der Waals surface area contributed by atoms with Crippen LogP contribution in [0.2, 0.25) is 0 Å². The van der Waals surface area contributed by atoms with E-state index in [1.54, 1.807) is 23.9 Å². The van der Waals surface area contributed by atoms with E-state index in [1.165, 1.54) is 18.7 Å². The Labute approximate surface area is 123 Å². The summed E-state index contributed by atoms with van der Waals surface area (Å²) in [5.41, 5.74) is 7.27. The quantitative estimate of drug-likeness (QED) is 0.852. The third kappa shape index (κ3) is 3.33. The highest BCUT2D eigenvalue weighted by atomic mass is 32.2. The lowest BCUT2D eigenvalue weighted by Crippen LogP contribution is -2.19. The summed E-state index contributed by atoms with van der Waals surface area (Å²) in [5, 5.41) is 0. The van der Waals surface area contributed by atoms with Crippen molar-refractivity contribution in [3.63, 3.8) is 0 Å². The highest BCUT2D eigenvalue weighted by Gasteiger charge is 2.15. The fourth-order valence-corrected chi connectivity index (χ4v) is 3.39.